The molecule has 6 heteroatoms. The first kappa shape index (κ1) is 20.0. The summed E-state index contributed by atoms with van der Waals surface area (Å²) < 4.78 is 31.7. The molecule has 3 heterocycles. The van der Waals surface area contributed by atoms with Crippen molar-refractivity contribution in [2.24, 2.45) is 0 Å². The van der Waals surface area contributed by atoms with Gasteiger partial charge in [-0.1, -0.05) is 56.3 Å². The fourth-order valence-corrected chi connectivity index (χ4v) is 6.18. The fraction of sp³-hybridized carbons (Fsp3) is 0.240. The summed E-state index contributed by atoms with van der Waals surface area (Å²) >= 11 is 0. The van der Waals surface area contributed by atoms with Crippen LogP contribution in [0.3, 0.4) is 0 Å². The Labute approximate surface area is 183 Å². The number of aromatic nitrogens is 2. The van der Waals surface area contributed by atoms with Crippen LogP contribution >= 0.6 is 0 Å². The lowest BCUT2D eigenvalue weighted by Crippen LogP contribution is -2.42. The molecule has 4 aromatic rings. The maximum absolute atomic E-state index is 14.0. The van der Waals surface area contributed by atoms with Crippen LogP contribution in [0.25, 0.3) is 10.9 Å². The molecule has 0 N–H and O–H groups in total. The van der Waals surface area contributed by atoms with Crippen molar-refractivity contribution in [3.8, 4) is 0 Å². The first-order valence-corrected chi connectivity index (χ1v) is 12.0. The van der Waals surface area contributed by atoms with E-state index in [1.54, 1.807) is 22.6 Å². The van der Waals surface area contributed by atoms with E-state index < -0.39 is 10.0 Å². The van der Waals surface area contributed by atoms with Gasteiger partial charge in [-0.25, -0.2) is 8.42 Å². The van der Waals surface area contributed by atoms with Crippen LogP contribution in [-0.2, 0) is 16.6 Å². The van der Waals surface area contributed by atoms with Gasteiger partial charge in [0.1, 0.15) is 4.90 Å². The lowest BCUT2D eigenvalue weighted by Gasteiger charge is -2.36. The lowest BCUT2D eigenvalue weighted by molar-refractivity contribution is 0.298. The third-order valence-corrected chi connectivity index (χ3v) is 7.99. The first-order chi connectivity index (χ1) is 15.0. The summed E-state index contributed by atoms with van der Waals surface area (Å²) in [5, 5.41) is 0.821. The molecule has 0 bridgehead atoms. The number of nitrogens with zero attached hydrogens (tertiary/aromatic N) is 3. The number of rotatable bonds is 4. The molecule has 0 saturated carbocycles. The van der Waals surface area contributed by atoms with Gasteiger partial charge in [-0.3, -0.25) is 4.98 Å². The van der Waals surface area contributed by atoms with Crippen molar-refractivity contribution in [3.05, 3.63) is 95.9 Å². The zero-order chi connectivity index (χ0) is 21.6. The second kappa shape index (κ2) is 7.62. The van der Waals surface area contributed by atoms with Crippen LogP contribution in [0.15, 0.2) is 84.0 Å². The van der Waals surface area contributed by atoms with Crippen LogP contribution in [0, 0.1) is 0 Å². The number of pyridine rings is 1. The highest BCUT2D eigenvalue weighted by molar-refractivity contribution is 7.89. The molecule has 0 saturated heterocycles. The standard InChI is InChI=1S/C25H25N3O2S/c1-18(2)19-10-12-21(13-11-19)25-22-8-5-15-27(22)16-17-28(25)31(29,30)23-9-3-6-20-7-4-14-26-24(20)23/h3-15,18,25H,16-17H2,1-2H3. The number of hydrogen-bond acceptors (Lipinski definition) is 3. The zero-order valence-electron chi connectivity index (χ0n) is 17.6. The average Bonchev–Trinajstić information content (AvgIpc) is 3.27. The van der Waals surface area contributed by atoms with E-state index in [1.807, 2.05) is 36.5 Å². The Balaban J connectivity index is 1.66. The van der Waals surface area contributed by atoms with Crippen LogP contribution in [0.5, 0.6) is 0 Å². The van der Waals surface area contributed by atoms with E-state index in [9.17, 15) is 8.42 Å². The molecular weight excluding hydrogens is 406 g/mol. The predicted octanol–water partition coefficient (Wildman–Crippen LogP) is 4.95. The highest BCUT2D eigenvalue weighted by Crippen LogP contribution is 2.38. The molecule has 5 nitrogen and oxygen atoms in total. The molecule has 0 spiro atoms. The molecule has 2 aromatic heterocycles. The molecule has 0 amide bonds. The quantitative estimate of drug-likeness (QED) is 0.459. The Morgan fingerprint density at radius 2 is 1.71 bits per heavy atom. The molecule has 1 unspecified atom stereocenters. The van der Waals surface area contributed by atoms with Gasteiger partial charge in [0.05, 0.1) is 11.6 Å². The summed E-state index contributed by atoms with van der Waals surface area (Å²) in [5.41, 5.74) is 3.71. The summed E-state index contributed by atoms with van der Waals surface area (Å²) in [6.45, 7) is 5.35. The molecule has 158 valence electrons. The third-order valence-electron chi connectivity index (χ3n) is 6.10. The van der Waals surface area contributed by atoms with Crippen molar-refractivity contribution in [2.75, 3.05) is 6.54 Å². The minimum atomic E-state index is -3.78. The Morgan fingerprint density at radius 3 is 2.48 bits per heavy atom. The van der Waals surface area contributed by atoms with Gasteiger partial charge in [-0.2, -0.15) is 4.31 Å². The van der Waals surface area contributed by atoms with Gasteiger partial charge in [-0.05, 0) is 41.3 Å². The second-order valence-electron chi connectivity index (χ2n) is 8.30. The normalized spacial score (nSPS) is 17.2. The smallest absolute Gasteiger partial charge is 0.246 e. The Bertz CT molecular complexity index is 1340. The molecule has 2 aromatic carbocycles. The molecule has 1 aliphatic rings. The molecule has 0 aliphatic carbocycles. The summed E-state index contributed by atoms with van der Waals surface area (Å²) in [4.78, 5) is 4.65. The predicted molar refractivity (Wildman–Crippen MR) is 122 cm³/mol. The van der Waals surface area contributed by atoms with Crippen LogP contribution in [-0.4, -0.2) is 28.8 Å². The van der Waals surface area contributed by atoms with Gasteiger partial charge >= 0.3 is 0 Å². The number of fused-ring (bicyclic) bond motifs is 2. The number of hydrogen-bond donors (Lipinski definition) is 0. The molecule has 31 heavy (non-hydrogen) atoms. The highest BCUT2D eigenvalue weighted by atomic mass is 32.2. The molecule has 5 rings (SSSR count). The van der Waals surface area contributed by atoms with Gasteiger partial charge in [-0.15, -0.1) is 0 Å². The van der Waals surface area contributed by atoms with Crippen LogP contribution in [0.1, 0.15) is 42.6 Å². The van der Waals surface area contributed by atoms with Crippen molar-refractivity contribution in [3.63, 3.8) is 0 Å². The van der Waals surface area contributed by atoms with Crippen molar-refractivity contribution in [1.82, 2.24) is 13.9 Å². The Morgan fingerprint density at radius 1 is 0.935 bits per heavy atom. The van der Waals surface area contributed by atoms with E-state index in [2.05, 4.69) is 47.7 Å². The second-order valence-corrected chi connectivity index (χ2v) is 10.2. The van der Waals surface area contributed by atoms with Crippen LogP contribution in [0.2, 0.25) is 0 Å². The van der Waals surface area contributed by atoms with Crippen molar-refractivity contribution in [2.45, 2.75) is 37.2 Å². The Kier molecular flexibility index (Phi) is 4.91. The van der Waals surface area contributed by atoms with Gasteiger partial charge in [0, 0.05) is 36.6 Å². The monoisotopic (exact) mass is 431 g/mol. The molecule has 0 fully saturated rings. The van der Waals surface area contributed by atoms with Gasteiger partial charge in [0.2, 0.25) is 10.0 Å². The van der Waals surface area contributed by atoms with E-state index in [4.69, 9.17) is 0 Å². The third kappa shape index (κ3) is 3.36. The largest absolute Gasteiger partial charge is 0.348 e. The van der Waals surface area contributed by atoms with Crippen LogP contribution in [0.4, 0.5) is 0 Å². The maximum atomic E-state index is 14.0. The maximum Gasteiger partial charge on any atom is 0.246 e. The van der Waals surface area contributed by atoms with E-state index >= 15 is 0 Å². The van der Waals surface area contributed by atoms with Gasteiger partial charge < -0.3 is 4.57 Å². The molecule has 1 atom stereocenters. The van der Waals surface area contributed by atoms with E-state index in [0.717, 1.165) is 16.6 Å². The first-order valence-electron chi connectivity index (χ1n) is 10.6. The number of para-hydroxylation sites is 1. The summed E-state index contributed by atoms with van der Waals surface area (Å²) in [6.07, 6.45) is 3.67. The summed E-state index contributed by atoms with van der Waals surface area (Å²) in [7, 11) is -3.78. The molecule has 0 radical (unpaired) electrons. The summed E-state index contributed by atoms with van der Waals surface area (Å²) in [6, 6.07) is 21.0. The highest BCUT2D eigenvalue weighted by Gasteiger charge is 2.38. The van der Waals surface area contributed by atoms with E-state index in [0.29, 0.717) is 24.5 Å². The SMILES string of the molecule is CC(C)c1ccc(C2c3cccn3CCN2S(=O)(=O)c2cccc3cccnc23)cc1. The van der Waals surface area contributed by atoms with E-state index in [-0.39, 0.29) is 10.9 Å². The average molecular weight is 432 g/mol. The van der Waals surface area contributed by atoms with Gasteiger partial charge in [0.15, 0.2) is 0 Å². The minimum Gasteiger partial charge on any atom is -0.348 e. The van der Waals surface area contributed by atoms with Crippen molar-refractivity contribution in [1.29, 1.82) is 0 Å². The number of sulfonamides is 1. The topological polar surface area (TPSA) is 55.2 Å². The molecule has 1 aliphatic heterocycles. The van der Waals surface area contributed by atoms with Crippen LogP contribution < -0.4 is 0 Å². The molecular formula is C25H25N3O2S. The van der Waals surface area contributed by atoms with Crippen molar-refractivity contribution < 1.29 is 8.42 Å². The zero-order valence-corrected chi connectivity index (χ0v) is 18.5. The van der Waals surface area contributed by atoms with Crippen molar-refractivity contribution >= 4 is 20.9 Å². The minimum absolute atomic E-state index is 0.259. The number of benzene rings is 2. The summed E-state index contributed by atoms with van der Waals surface area (Å²) in [5.74, 6) is 0.422. The Hall–Kier alpha value is -2.96. The van der Waals surface area contributed by atoms with E-state index in [1.165, 1.54) is 5.56 Å². The fourth-order valence-electron chi connectivity index (χ4n) is 4.43. The lowest BCUT2D eigenvalue weighted by atomic mass is 9.97. The van der Waals surface area contributed by atoms with Gasteiger partial charge in [0.25, 0.3) is 0 Å².